The smallest absolute Gasteiger partial charge is 0.131 e. The molecule has 0 aliphatic carbocycles. The second-order valence-electron chi connectivity index (χ2n) is 4.36. The van der Waals surface area contributed by atoms with Crippen LogP contribution in [-0.2, 0) is 9.47 Å². The lowest BCUT2D eigenvalue weighted by atomic mass is 10.1. The Morgan fingerprint density at radius 1 is 1.33 bits per heavy atom. The molecule has 0 fully saturated rings. The van der Waals surface area contributed by atoms with Crippen molar-refractivity contribution in [3.8, 4) is 5.75 Å². The summed E-state index contributed by atoms with van der Waals surface area (Å²) in [4.78, 5) is 0. The van der Waals surface area contributed by atoms with Crippen LogP contribution in [0.1, 0.15) is 12.5 Å². The van der Waals surface area contributed by atoms with E-state index in [0.29, 0.717) is 18.8 Å². The number of aliphatic hydroxyl groups is 1. The fraction of sp³-hybridized carbons (Fsp3) is 0.500. The number of ether oxygens (including phenoxy) is 3. The van der Waals surface area contributed by atoms with Gasteiger partial charge in [-0.3, -0.25) is 0 Å². The van der Waals surface area contributed by atoms with Crippen molar-refractivity contribution in [1.82, 2.24) is 0 Å². The molecular formula is C14H20FNO5. The topological polar surface area (TPSA) is 80.5 Å². The third-order valence-electron chi connectivity index (χ3n) is 2.66. The van der Waals surface area contributed by atoms with E-state index in [-0.39, 0.29) is 24.7 Å². The second-order valence-corrected chi connectivity index (χ2v) is 4.36. The van der Waals surface area contributed by atoms with E-state index >= 15 is 0 Å². The molecule has 0 spiro atoms. The highest BCUT2D eigenvalue weighted by Gasteiger charge is 2.12. The summed E-state index contributed by atoms with van der Waals surface area (Å²) in [5, 5.41) is 21.5. The Balaban J connectivity index is 2.56. The number of methoxy groups -OCH3 is 1. The molecule has 1 rings (SSSR count). The normalized spacial score (nSPS) is 13.2. The Kier molecular flexibility index (Phi) is 7.66. The molecule has 2 N–H and O–H groups in total. The zero-order valence-electron chi connectivity index (χ0n) is 12.1. The van der Waals surface area contributed by atoms with Crippen LogP contribution < -0.4 is 4.74 Å². The third-order valence-corrected chi connectivity index (χ3v) is 2.66. The first-order chi connectivity index (χ1) is 10.1. The van der Waals surface area contributed by atoms with Gasteiger partial charge in [-0.05, 0) is 19.1 Å². The average Bonchev–Trinajstić information content (AvgIpc) is 2.49. The minimum absolute atomic E-state index is 0.0673. The van der Waals surface area contributed by atoms with Crippen molar-refractivity contribution in [2.24, 2.45) is 5.16 Å². The van der Waals surface area contributed by atoms with Crippen LogP contribution in [0.3, 0.4) is 0 Å². The van der Waals surface area contributed by atoms with E-state index in [2.05, 4.69) is 5.16 Å². The zero-order valence-corrected chi connectivity index (χ0v) is 12.1. The van der Waals surface area contributed by atoms with Crippen LogP contribution in [0, 0.1) is 5.82 Å². The monoisotopic (exact) mass is 301 g/mol. The summed E-state index contributed by atoms with van der Waals surface area (Å²) >= 11 is 0. The van der Waals surface area contributed by atoms with Crippen LogP contribution in [-0.4, -0.2) is 55.7 Å². The van der Waals surface area contributed by atoms with Crippen LogP contribution in [0.2, 0.25) is 0 Å². The lowest BCUT2D eigenvalue weighted by Gasteiger charge is -2.15. The minimum atomic E-state index is -0.857. The fourth-order valence-electron chi connectivity index (χ4n) is 1.56. The number of aliphatic hydroxyl groups excluding tert-OH is 1. The molecular weight excluding hydrogens is 281 g/mol. The molecule has 0 saturated carbocycles. The van der Waals surface area contributed by atoms with Crippen molar-refractivity contribution in [2.75, 3.05) is 33.5 Å². The largest absolute Gasteiger partial charge is 0.490 e. The summed E-state index contributed by atoms with van der Waals surface area (Å²) in [5.41, 5.74) is 0.738. The van der Waals surface area contributed by atoms with Gasteiger partial charge in [0.2, 0.25) is 0 Å². The van der Waals surface area contributed by atoms with Crippen molar-refractivity contribution in [1.29, 1.82) is 0 Å². The maximum Gasteiger partial charge on any atom is 0.131 e. The lowest BCUT2D eigenvalue weighted by Crippen LogP contribution is -2.24. The first-order valence-electron chi connectivity index (χ1n) is 6.44. The van der Waals surface area contributed by atoms with Gasteiger partial charge in [-0.15, -0.1) is 0 Å². The molecule has 0 saturated heterocycles. The molecule has 7 heteroatoms. The van der Waals surface area contributed by atoms with Gasteiger partial charge in [-0.25, -0.2) is 4.39 Å². The van der Waals surface area contributed by atoms with Gasteiger partial charge in [0.1, 0.15) is 24.3 Å². The average molecular weight is 301 g/mol. The number of rotatable bonds is 9. The maximum atomic E-state index is 13.2. The zero-order chi connectivity index (χ0) is 15.7. The highest BCUT2D eigenvalue weighted by atomic mass is 19.1. The Bertz CT molecular complexity index is 467. The van der Waals surface area contributed by atoms with Crippen molar-refractivity contribution in [2.45, 2.75) is 13.0 Å². The Morgan fingerprint density at radius 3 is 2.76 bits per heavy atom. The van der Waals surface area contributed by atoms with Gasteiger partial charge in [0, 0.05) is 18.7 Å². The standard InChI is InChI=1S/C14H20FNO5/c1-10(16-18)13-4-3-11(15)7-14(13)21-9-12(17)8-20-6-5-19-2/h3-4,7,12,17-18H,5-6,8-9H2,1-2H3/b16-10+. The molecule has 0 aliphatic heterocycles. The van der Waals surface area contributed by atoms with Gasteiger partial charge in [-0.2, -0.15) is 0 Å². The first-order valence-corrected chi connectivity index (χ1v) is 6.44. The summed E-state index contributed by atoms with van der Waals surface area (Å²) < 4.78 is 28.6. The van der Waals surface area contributed by atoms with E-state index in [0.717, 1.165) is 0 Å². The number of oxime groups is 1. The highest BCUT2D eigenvalue weighted by molar-refractivity contribution is 6.00. The molecule has 1 aromatic carbocycles. The molecule has 0 heterocycles. The number of nitrogens with zero attached hydrogens (tertiary/aromatic N) is 1. The van der Waals surface area contributed by atoms with E-state index in [1.54, 1.807) is 14.0 Å². The van der Waals surface area contributed by atoms with Gasteiger partial charge >= 0.3 is 0 Å². The predicted octanol–water partition coefficient (Wildman–Crippen LogP) is 1.43. The molecule has 1 atom stereocenters. The van der Waals surface area contributed by atoms with Crippen molar-refractivity contribution < 1.29 is 28.9 Å². The quantitative estimate of drug-likeness (QED) is 0.312. The van der Waals surface area contributed by atoms with Crippen LogP contribution in [0.4, 0.5) is 4.39 Å². The van der Waals surface area contributed by atoms with Gasteiger partial charge in [0.25, 0.3) is 0 Å². The summed E-state index contributed by atoms with van der Waals surface area (Å²) in [6, 6.07) is 3.85. The minimum Gasteiger partial charge on any atom is -0.490 e. The number of hydrogen-bond donors (Lipinski definition) is 2. The summed E-state index contributed by atoms with van der Waals surface area (Å²) in [6.07, 6.45) is -0.857. The van der Waals surface area contributed by atoms with Gasteiger partial charge < -0.3 is 24.5 Å². The number of halogens is 1. The van der Waals surface area contributed by atoms with Crippen LogP contribution in [0.25, 0.3) is 0 Å². The van der Waals surface area contributed by atoms with Gasteiger partial charge in [-0.1, -0.05) is 5.16 Å². The van der Waals surface area contributed by atoms with Gasteiger partial charge in [0.05, 0.1) is 25.5 Å². The van der Waals surface area contributed by atoms with Crippen molar-refractivity contribution in [3.05, 3.63) is 29.6 Å². The fourth-order valence-corrected chi connectivity index (χ4v) is 1.56. The molecule has 6 nitrogen and oxygen atoms in total. The van der Waals surface area contributed by atoms with E-state index in [9.17, 15) is 9.50 Å². The first kappa shape index (κ1) is 17.4. The summed E-state index contributed by atoms with van der Waals surface area (Å²) in [6.45, 7) is 2.39. The van der Waals surface area contributed by atoms with E-state index in [4.69, 9.17) is 19.4 Å². The molecule has 0 bridgehead atoms. The Hall–Kier alpha value is -1.70. The Morgan fingerprint density at radius 2 is 2.10 bits per heavy atom. The molecule has 118 valence electrons. The SMILES string of the molecule is COCCOCC(O)COc1cc(F)ccc1/C(C)=N/O. The number of benzene rings is 1. The third kappa shape index (κ3) is 6.07. The molecule has 0 radical (unpaired) electrons. The molecule has 1 aromatic rings. The molecule has 21 heavy (non-hydrogen) atoms. The number of hydrogen-bond acceptors (Lipinski definition) is 6. The molecule has 1 unspecified atom stereocenters. The van der Waals surface area contributed by atoms with E-state index in [1.807, 2.05) is 0 Å². The maximum absolute atomic E-state index is 13.2. The molecule has 0 aromatic heterocycles. The van der Waals surface area contributed by atoms with Crippen LogP contribution >= 0.6 is 0 Å². The summed E-state index contributed by atoms with van der Waals surface area (Å²) in [5.74, 6) is -0.286. The lowest BCUT2D eigenvalue weighted by molar-refractivity contribution is -0.00425. The van der Waals surface area contributed by atoms with E-state index in [1.165, 1.54) is 18.2 Å². The van der Waals surface area contributed by atoms with Crippen LogP contribution in [0.5, 0.6) is 5.75 Å². The van der Waals surface area contributed by atoms with Gasteiger partial charge in [0.15, 0.2) is 0 Å². The Labute approximate surface area is 122 Å². The van der Waals surface area contributed by atoms with E-state index < -0.39 is 11.9 Å². The second kappa shape index (κ2) is 9.28. The molecule has 0 aliphatic rings. The predicted molar refractivity (Wildman–Crippen MR) is 74.6 cm³/mol. The molecule has 0 amide bonds. The van der Waals surface area contributed by atoms with Crippen molar-refractivity contribution in [3.63, 3.8) is 0 Å². The van der Waals surface area contributed by atoms with Crippen LogP contribution in [0.15, 0.2) is 23.4 Å². The van der Waals surface area contributed by atoms with Crippen molar-refractivity contribution >= 4 is 5.71 Å². The highest BCUT2D eigenvalue weighted by Crippen LogP contribution is 2.21. The summed E-state index contributed by atoms with van der Waals surface area (Å²) in [7, 11) is 1.55.